The number of hydrogen-bond donors (Lipinski definition) is 1. The topological polar surface area (TPSA) is 52.7 Å². The molecule has 1 saturated heterocycles. The van der Waals surface area contributed by atoms with Crippen LogP contribution in [-0.4, -0.2) is 29.0 Å². The Bertz CT molecular complexity index is 1260. The van der Waals surface area contributed by atoms with Crippen molar-refractivity contribution >= 4 is 46.6 Å². The van der Waals surface area contributed by atoms with E-state index in [0.717, 1.165) is 41.6 Å². The largest absolute Gasteiger partial charge is 0.366 e. The third-order valence-electron chi connectivity index (χ3n) is 7.37. The lowest BCUT2D eigenvalue weighted by molar-refractivity contribution is -0.122. The maximum atomic E-state index is 13.5. The van der Waals surface area contributed by atoms with Gasteiger partial charge in [-0.3, -0.25) is 19.8 Å². The molecule has 0 bridgehead atoms. The molecule has 35 heavy (non-hydrogen) atoms. The standard InChI is InChI=1S/C29H35N3O2S/c1-8-11-31-25-13-19(4)21(14-23(25)20(5)16-29(31,6)7)15-24-26(33)30-28(35)32(27(24)34)22-10-9-17(2)18(3)12-22/h9-10,12-15,20H,8,11,16H2,1-7H3,(H,30,33,35)/b24-15-. The van der Waals surface area contributed by atoms with Crippen molar-refractivity contribution in [2.45, 2.75) is 72.8 Å². The molecule has 0 aromatic heterocycles. The van der Waals surface area contributed by atoms with Crippen LogP contribution >= 0.6 is 12.2 Å². The first-order valence-corrected chi connectivity index (χ1v) is 12.8. The van der Waals surface area contributed by atoms with E-state index in [1.165, 1.54) is 16.2 Å². The summed E-state index contributed by atoms with van der Waals surface area (Å²) in [4.78, 5) is 30.3. The van der Waals surface area contributed by atoms with Gasteiger partial charge < -0.3 is 4.90 Å². The predicted molar refractivity (Wildman–Crippen MR) is 148 cm³/mol. The molecule has 4 rings (SSSR count). The summed E-state index contributed by atoms with van der Waals surface area (Å²) in [6.45, 7) is 16.1. The number of nitrogens with zero attached hydrogens (tertiary/aromatic N) is 2. The van der Waals surface area contributed by atoms with Crippen LogP contribution in [0.4, 0.5) is 11.4 Å². The number of carbonyl (C=O) groups is 2. The maximum Gasteiger partial charge on any atom is 0.270 e. The van der Waals surface area contributed by atoms with Crippen LogP contribution in [0.3, 0.4) is 0 Å². The Morgan fingerprint density at radius 2 is 1.80 bits per heavy atom. The minimum atomic E-state index is -0.459. The molecule has 1 fully saturated rings. The van der Waals surface area contributed by atoms with E-state index in [4.69, 9.17) is 12.2 Å². The molecule has 2 aromatic rings. The highest BCUT2D eigenvalue weighted by molar-refractivity contribution is 7.80. The van der Waals surface area contributed by atoms with E-state index < -0.39 is 11.8 Å². The molecule has 1 N–H and O–H groups in total. The molecule has 2 amide bonds. The molecule has 0 saturated carbocycles. The van der Waals surface area contributed by atoms with Gasteiger partial charge in [0.15, 0.2) is 5.11 Å². The number of amides is 2. The molecule has 2 aromatic carbocycles. The molecule has 6 heteroatoms. The molecule has 1 unspecified atom stereocenters. The molecular formula is C29H35N3O2S. The lowest BCUT2D eigenvalue weighted by atomic mass is 9.78. The highest BCUT2D eigenvalue weighted by atomic mass is 32.1. The minimum absolute atomic E-state index is 0.0798. The Hall–Kier alpha value is -2.99. The van der Waals surface area contributed by atoms with E-state index in [0.29, 0.717) is 11.6 Å². The van der Waals surface area contributed by atoms with Crippen LogP contribution in [0.5, 0.6) is 0 Å². The molecule has 2 heterocycles. The van der Waals surface area contributed by atoms with Gasteiger partial charge in [-0.25, -0.2) is 0 Å². The van der Waals surface area contributed by atoms with Crippen molar-refractivity contribution in [2.24, 2.45) is 0 Å². The van der Waals surface area contributed by atoms with E-state index in [1.807, 2.05) is 39.0 Å². The summed E-state index contributed by atoms with van der Waals surface area (Å²) in [5.74, 6) is -0.485. The molecule has 0 spiro atoms. The predicted octanol–water partition coefficient (Wildman–Crippen LogP) is 5.95. The Kier molecular flexibility index (Phi) is 6.62. The Balaban J connectivity index is 1.77. The van der Waals surface area contributed by atoms with Gasteiger partial charge in [-0.1, -0.05) is 19.9 Å². The monoisotopic (exact) mass is 489 g/mol. The third-order valence-corrected chi connectivity index (χ3v) is 7.66. The minimum Gasteiger partial charge on any atom is -0.366 e. The van der Waals surface area contributed by atoms with Gasteiger partial charge in [-0.05, 0) is 124 Å². The Labute approximate surface area is 214 Å². The van der Waals surface area contributed by atoms with Crippen molar-refractivity contribution in [2.75, 3.05) is 16.3 Å². The number of anilines is 2. The van der Waals surface area contributed by atoms with Crippen LogP contribution in [0, 0.1) is 20.8 Å². The van der Waals surface area contributed by atoms with Gasteiger partial charge in [0, 0.05) is 17.8 Å². The average molecular weight is 490 g/mol. The van der Waals surface area contributed by atoms with E-state index in [1.54, 1.807) is 6.08 Å². The summed E-state index contributed by atoms with van der Waals surface area (Å²) in [6.07, 6.45) is 3.85. The smallest absolute Gasteiger partial charge is 0.270 e. The second kappa shape index (κ2) is 9.23. The average Bonchev–Trinajstić information content (AvgIpc) is 2.76. The SMILES string of the molecule is CCCN1c2cc(C)c(/C=C3/C(=O)NC(=S)N(c4ccc(C)c(C)c4)C3=O)cc2C(C)CC1(C)C. The number of thiocarbonyl (C=S) groups is 1. The van der Waals surface area contributed by atoms with Crippen LogP contribution in [0.1, 0.15) is 74.3 Å². The Morgan fingerprint density at radius 1 is 1.09 bits per heavy atom. The van der Waals surface area contributed by atoms with Gasteiger partial charge in [-0.15, -0.1) is 0 Å². The Morgan fingerprint density at radius 3 is 2.46 bits per heavy atom. The van der Waals surface area contributed by atoms with Gasteiger partial charge >= 0.3 is 0 Å². The summed E-state index contributed by atoms with van der Waals surface area (Å²) in [5, 5.41) is 2.81. The zero-order valence-electron chi connectivity index (χ0n) is 21.8. The van der Waals surface area contributed by atoms with Crippen molar-refractivity contribution in [1.82, 2.24) is 5.32 Å². The van der Waals surface area contributed by atoms with Gasteiger partial charge in [0.25, 0.3) is 11.8 Å². The fourth-order valence-corrected chi connectivity index (χ4v) is 5.65. The fraction of sp³-hybridized carbons (Fsp3) is 0.414. The molecule has 2 aliphatic rings. The number of aryl methyl sites for hydroxylation is 3. The summed E-state index contributed by atoms with van der Waals surface area (Å²) in [5.41, 5.74) is 7.45. The number of fused-ring (bicyclic) bond motifs is 1. The van der Waals surface area contributed by atoms with Gasteiger partial charge in [0.2, 0.25) is 0 Å². The van der Waals surface area contributed by atoms with Crippen LogP contribution in [0.15, 0.2) is 35.9 Å². The van der Waals surface area contributed by atoms with Crippen molar-refractivity contribution in [1.29, 1.82) is 0 Å². The molecule has 0 aliphatic carbocycles. The van der Waals surface area contributed by atoms with Crippen molar-refractivity contribution in [3.05, 3.63) is 63.7 Å². The summed E-state index contributed by atoms with van der Waals surface area (Å²) in [6, 6.07) is 10.1. The normalized spacial score (nSPS) is 20.8. The first kappa shape index (κ1) is 25.1. The van der Waals surface area contributed by atoms with Crippen LogP contribution in [0.25, 0.3) is 6.08 Å². The number of hydrogen-bond acceptors (Lipinski definition) is 4. The van der Waals surface area contributed by atoms with E-state index in [2.05, 4.69) is 50.0 Å². The first-order valence-electron chi connectivity index (χ1n) is 12.4. The van der Waals surface area contributed by atoms with Gasteiger partial charge in [-0.2, -0.15) is 0 Å². The lowest BCUT2D eigenvalue weighted by Gasteiger charge is -2.48. The summed E-state index contributed by atoms with van der Waals surface area (Å²) in [7, 11) is 0. The quantitative estimate of drug-likeness (QED) is 0.328. The molecule has 1 atom stereocenters. The second-order valence-electron chi connectivity index (χ2n) is 10.6. The van der Waals surface area contributed by atoms with E-state index >= 15 is 0 Å². The zero-order valence-corrected chi connectivity index (χ0v) is 22.6. The van der Waals surface area contributed by atoms with Crippen molar-refractivity contribution in [3.63, 3.8) is 0 Å². The van der Waals surface area contributed by atoms with Crippen molar-refractivity contribution < 1.29 is 9.59 Å². The highest BCUT2D eigenvalue weighted by Gasteiger charge is 2.37. The van der Waals surface area contributed by atoms with Crippen LogP contribution < -0.4 is 15.1 Å². The number of benzene rings is 2. The fourth-order valence-electron chi connectivity index (χ4n) is 5.37. The lowest BCUT2D eigenvalue weighted by Crippen LogP contribution is -2.54. The highest BCUT2D eigenvalue weighted by Crippen LogP contribution is 2.44. The van der Waals surface area contributed by atoms with E-state index in [9.17, 15) is 9.59 Å². The first-order chi connectivity index (χ1) is 16.4. The molecule has 5 nitrogen and oxygen atoms in total. The molecule has 184 valence electrons. The van der Waals surface area contributed by atoms with Gasteiger partial charge in [0.1, 0.15) is 5.57 Å². The third kappa shape index (κ3) is 4.52. The summed E-state index contributed by atoms with van der Waals surface area (Å²) < 4.78 is 0. The zero-order chi connectivity index (χ0) is 25.7. The number of carbonyl (C=O) groups excluding carboxylic acids is 2. The second-order valence-corrected chi connectivity index (χ2v) is 10.9. The van der Waals surface area contributed by atoms with Crippen LogP contribution in [0.2, 0.25) is 0 Å². The maximum absolute atomic E-state index is 13.5. The molecular weight excluding hydrogens is 454 g/mol. The molecule has 2 aliphatic heterocycles. The van der Waals surface area contributed by atoms with Crippen molar-refractivity contribution in [3.8, 4) is 0 Å². The van der Waals surface area contributed by atoms with Crippen LogP contribution in [-0.2, 0) is 9.59 Å². The van der Waals surface area contributed by atoms with E-state index in [-0.39, 0.29) is 16.2 Å². The number of rotatable bonds is 4. The van der Waals surface area contributed by atoms with Gasteiger partial charge in [0.05, 0.1) is 5.69 Å². The molecule has 0 radical (unpaired) electrons. The summed E-state index contributed by atoms with van der Waals surface area (Å²) >= 11 is 5.38. The number of nitrogens with one attached hydrogen (secondary N) is 1.